The molecule has 1 saturated heterocycles. The van der Waals surface area contributed by atoms with Crippen molar-refractivity contribution in [3.05, 3.63) is 29.3 Å². The van der Waals surface area contributed by atoms with Crippen molar-refractivity contribution in [1.82, 2.24) is 0 Å². The molecule has 0 amide bonds. The van der Waals surface area contributed by atoms with E-state index in [0.717, 1.165) is 12.0 Å². The number of hydrogen-bond donors (Lipinski definition) is 1. The predicted octanol–water partition coefficient (Wildman–Crippen LogP) is 3.61. The highest BCUT2D eigenvalue weighted by atomic mass is 15.2. The van der Waals surface area contributed by atoms with E-state index in [2.05, 4.69) is 30.0 Å². The number of aryl methyl sites for hydroxylation is 1. The number of nitrogens with two attached hydrogens (primary N) is 1. The van der Waals surface area contributed by atoms with Crippen molar-refractivity contribution in [1.29, 1.82) is 0 Å². The van der Waals surface area contributed by atoms with Gasteiger partial charge in [0.15, 0.2) is 0 Å². The van der Waals surface area contributed by atoms with E-state index in [9.17, 15) is 0 Å². The van der Waals surface area contributed by atoms with Gasteiger partial charge in [-0.2, -0.15) is 0 Å². The molecule has 104 valence electrons. The normalized spacial score (nSPS) is 27.2. The molecule has 1 aliphatic carbocycles. The summed E-state index contributed by atoms with van der Waals surface area (Å²) in [7, 11) is 0. The maximum Gasteiger partial charge on any atom is 0.0417 e. The molecule has 1 aromatic carbocycles. The Morgan fingerprint density at radius 1 is 1.16 bits per heavy atom. The van der Waals surface area contributed by atoms with E-state index in [1.807, 2.05) is 0 Å². The molecule has 1 aliphatic heterocycles. The zero-order valence-electron chi connectivity index (χ0n) is 12.1. The van der Waals surface area contributed by atoms with Crippen LogP contribution in [0, 0.1) is 12.8 Å². The molecule has 1 aromatic rings. The molecule has 3 rings (SSSR count). The summed E-state index contributed by atoms with van der Waals surface area (Å²) >= 11 is 0. The zero-order valence-corrected chi connectivity index (χ0v) is 12.1. The minimum atomic E-state index is 0.656. The maximum atomic E-state index is 5.95. The van der Waals surface area contributed by atoms with E-state index < -0.39 is 0 Å². The molecule has 2 N–H and O–H groups in total. The smallest absolute Gasteiger partial charge is 0.0417 e. The second kappa shape index (κ2) is 5.54. The van der Waals surface area contributed by atoms with Crippen LogP contribution in [-0.2, 0) is 6.54 Å². The van der Waals surface area contributed by atoms with Crippen LogP contribution >= 0.6 is 0 Å². The molecule has 2 unspecified atom stereocenters. The predicted molar refractivity (Wildman–Crippen MR) is 81.4 cm³/mol. The average molecular weight is 258 g/mol. The Balaban J connectivity index is 1.93. The first-order valence-electron chi connectivity index (χ1n) is 7.86. The van der Waals surface area contributed by atoms with Crippen LogP contribution < -0.4 is 10.6 Å². The van der Waals surface area contributed by atoms with Crippen molar-refractivity contribution in [2.24, 2.45) is 11.7 Å². The van der Waals surface area contributed by atoms with E-state index in [4.69, 9.17) is 5.73 Å². The Hall–Kier alpha value is -1.02. The van der Waals surface area contributed by atoms with E-state index in [1.165, 1.54) is 61.9 Å². The van der Waals surface area contributed by atoms with Crippen LogP contribution in [0.15, 0.2) is 18.2 Å². The van der Waals surface area contributed by atoms with E-state index in [1.54, 1.807) is 0 Å². The Labute approximate surface area is 117 Å². The van der Waals surface area contributed by atoms with Gasteiger partial charge >= 0.3 is 0 Å². The molecule has 1 saturated carbocycles. The zero-order chi connectivity index (χ0) is 13.2. The van der Waals surface area contributed by atoms with Crippen molar-refractivity contribution in [2.45, 2.75) is 58.0 Å². The van der Waals surface area contributed by atoms with Gasteiger partial charge in [0.1, 0.15) is 0 Å². The van der Waals surface area contributed by atoms with Crippen molar-refractivity contribution in [3.8, 4) is 0 Å². The summed E-state index contributed by atoms with van der Waals surface area (Å²) in [4.78, 5) is 2.68. The fourth-order valence-corrected chi connectivity index (χ4v) is 4.04. The fraction of sp³-hybridized carbons (Fsp3) is 0.647. The highest BCUT2D eigenvalue weighted by Crippen LogP contribution is 2.38. The highest BCUT2D eigenvalue weighted by molar-refractivity contribution is 5.56. The average Bonchev–Trinajstić information content (AvgIpc) is 2.46. The number of nitrogens with zero attached hydrogens (tertiary/aromatic N) is 1. The van der Waals surface area contributed by atoms with E-state index in [0.29, 0.717) is 6.54 Å². The second-order valence-electron chi connectivity index (χ2n) is 6.28. The van der Waals surface area contributed by atoms with Gasteiger partial charge in [-0.3, -0.25) is 0 Å². The topological polar surface area (TPSA) is 29.3 Å². The molecule has 2 aliphatic rings. The first kappa shape index (κ1) is 13.0. The third kappa shape index (κ3) is 2.51. The van der Waals surface area contributed by atoms with Crippen molar-refractivity contribution < 1.29 is 0 Å². The van der Waals surface area contributed by atoms with Crippen LogP contribution in [0.1, 0.15) is 49.7 Å². The van der Waals surface area contributed by atoms with Crippen LogP contribution in [0.25, 0.3) is 0 Å². The number of hydrogen-bond acceptors (Lipinski definition) is 2. The maximum absolute atomic E-state index is 5.95. The number of rotatable bonds is 2. The van der Waals surface area contributed by atoms with Gasteiger partial charge in [0.25, 0.3) is 0 Å². The standard InChI is InChI=1S/C17H26N2/c1-13-8-9-15(12-18)17(11-13)19-10-4-6-14-5-2-3-7-16(14)19/h8-9,11,14,16H,2-7,10,12,18H2,1H3. The molecule has 0 spiro atoms. The molecule has 19 heavy (non-hydrogen) atoms. The third-order valence-corrected chi connectivity index (χ3v) is 5.01. The molecule has 1 heterocycles. The largest absolute Gasteiger partial charge is 0.368 e. The van der Waals surface area contributed by atoms with Gasteiger partial charge in [-0.05, 0) is 55.7 Å². The quantitative estimate of drug-likeness (QED) is 0.878. The molecule has 2 nitrogen and oxygen atoms in total. The monoisotopic (exact) mass is 258 g/mol. The third-order valence-electron chi connectivity index (χ3n) is 5.01. The Morgan fingerprint density at radius 3 is 2.79 bits per heavy atom. The Kier molecular flexibility index (Phi) is 3.79. The summed E-state index contributed by atoms with van der Waals surface area (Å²) in [5.41, 5.74) is 10.0. The van der Waals surface area contributed by atoms with Gasteiger partial charge in [-0.15, -0.1) is 0 Å². The Bertz CT molecular complexity index is 439. The van der Waals surface area contributed by atoms with Crippen LogP contribution in [0.5, 0.6) is 0 Å². The van der Waals surface area contributed by atoms with Crippen molar-refractivity contribution in [2.75, 3.05) is 11.4 Å². The van der Waals surface area contributed by atoms with Crippen molar-refractivity contribution in [3.63, 3.8) is 0 Å². The molecular weight excluding hydrogens is 232 g/mol. The summed E-state index contributed by atoms with van der Waals surface area (Å²) in [6.07, 6.45) is 8.44. The van der Waals surface area contributed by atoms with Crippen LogP contribution in [-0.4, -0.2) is 12.6 Å². The SMILES string of the molecule is Cc1ccc(CN)c(N2CCCC3CCCCC32)c1. The van der Waals surface area contributed by atoms with Crippen LogP contribution in [0.4, 0.5) is 5.69 Å². The summed E-state index contributed by atoms with van der Waals surface area (Å²) in [5.74, 6) is 0.925. The van der Waals surface area contributed by atoms with Crippen LogP contribution in [0.2, 0.25) is 0 Å². The first-order valence-corrected chi connectivity index (χ1v) is 7.86. The van der Waals surface area contributed by atoms with Gasteiger partial charge in [-0.1, -0.05) is 25.0 Å². The van der Waals surface area contributed by atoms with Crippen molar-refractivity contribution >= 4 is 5.69 Å². The lowest BCUT2D eigenvalue weighted by Gasteiger charge is -2.46. The summed E-state index contributed by atoms with van der Waals surface area (Å²) < 4.78 is 0. The number of anilines is 1. The van der Waals surface area contributed by atoms with Gasteiger partial charge < -0.3 is 10.6 Å². The van der Waals surface area contributed by atoms with Gasteiger partial charge in [0.05, 0.1) is 0 Å². The lowest BCUT2D eigenvalue weighted by atomic mass is 9.78. The Morgan fingerprint density at radius 2 is 1.95 bits per heavy atom. The molecular formula is C17H26N2. The van der Waals surface area contributed by atoms with Gasteiger partial charge in [0.2, 0.25) is 0 Å². The van der Waals surface area contributed by atoms with E-state index in [-0.39, 0.29) is 0 Å². The first-order chi connectivity index (χ1) is 9.29. The summed E-state index contributed by atoms with van der Waals surface area (Å²) in [6, 6.07) is 7.53. The van der Waals surface area contributed by atoms with Crippen LogP contribution in [0.3, 0.4) is 0 Å². The molecule has 0 bridgehead atoms. The number of benzene rings is 1. The number of fused-ring (bicyclic) bond motifs is 1. The molecule has 0 aromatic heterocycles. The summed E-state index contributed by atoms with van der Waals surface area (Å²) in [5, 5.41) is 0. The highest BCUT2D eigenvalue weighted by Gasteiger charge is 2.33. The minimum Gasteiger partial charge on any atom is -0.368 e. The van der Waals surface area contributed by atoms with E-state index >= 15 is 0 Å². The van der Waals surface area contributed by atoms with Gasteiger partial charge in [0, 0.05) is 24.8 Å². The lowest BCUT2D eigenvalue weighted by molar-refractivity contribution is 0.243. The second-order valence-corrected chi connectivity index (χ2v) is 6.28. The number of piperidine rings is 1. The van der Waals surface area contributed by atoms with Gasteiger partial charge in [-0.25, -0.2) is 0 Å². The summed E-state index contributed by atoms with van der Waals surface area (Å²) in [6.45, 7) is 4.06. The molecule has 0 radical (unpaired) electrons. The minimum absolute atomic E-state index is 0.656. The fourth-order valence-electron chi connectivity index (χ4n) is 4.04. The molecule has 2 heteroatoms. The molecule has 2 atom stereocenters. The lowest BCUT2D eigenvalue weighted by Crippen LogP contribution is -2.47. The molecule has 2 fully saturated rings.